The molecule has 1 rings (SSSR count). The molecule has 0 bridgehead atoms. The van der Waals surface area contributed by atoms with Crippen LogP contribution in [0, 0.1) is 23.2 Å². The van der Waals surface area contributed by atoms with Crippen LogP contribution in [0.1, 0.15) is 86.1 Å². The monoisotopic (exact) mass is 516 g/mol. The Morgan fingerprint density at radius 2 is 1.59 bits per heavy atom. The zero-order valence-corrected chi connectivity index (χ0v) is 23.8. The van der Waals surface area contributed by atoms with Crippen molar-refractivity contribution in [2.75, 3.05) is 11.9 Å². The predicted molar refractivity (Wildman–Crippen MR) is 149 cm³/mol. The molecule has 0 saturated carbocycles. The minimum absolute atomic E-state index is 0.00373. The maximum absolute atomic E-state index is 13.3. The first-order valence-corrected chi connectivity index (χ1v) is 13.4. The van der Waals surface area contributed by atoms with Crippen LogP contribution in [0.25, 0.3) is 0 Å². The van der Waals surface area contributed by atoms with E-state index >= 15 is 0 Å². The lowest BCUT2D eigenvalue weighted by atomic mass is 9.88. The lowest BCUT2D eigenvalue weighted by Crippen LogP contribution is -2.45. The topological polar surface area (TPSA) is 130 Å². The second-order valence-electron chi connectivity index (χ2n) is 11.9. The quantitative estimate of drug-likeness (QED) is 0.249. The summed E-state index contributed by atoms with van der Waals surface area (Å²) in [6, 6.07) is 6.44. The van der Waals surface area contributed by atoms with Gasteiger partial charge in [-0.1, -0.05) is 60.6 Å². The third-order valence-electron chi connectivity index (χ3n) is 6.14. The summed E-state index contributed by atoms with van der Waals surface area (Å²) in [5.41, 5.74) is 7.02. The SMILES string of the molecule is CC(C)Cc1ccc(NC(=O)[C@H](CCCNC(N)=O)CC(=O)[C@@H](NC(=O)CCC(C)(C)C)C(C)C)cc1. The summed E-state index contributed by atoms with van der Waals surface area (Å²) in [7, 11) is 0. The molecule has 0 aliphatic rings. The molecule has 0 heterocycles. The van der Waals surface area contributed by atoms with E-state index in [0.29, 0.717) is 43.8 Å². The van der Waals surface area contributed by atoms with Crippen molar-refractivity contribution in [2.45, 2.75) is 93.0 Å². The number of urea groups is 1. The van der Waals surface area contributed by atoms with Crippen molar-refractivity contribution in [3.63, 3.8) is 0 Å². The van der Waals surface area contributed by atoms with E-state index in [0.717, 1.165) is 6.42 Å². The summed E-state index contributed by atoms with van der Waals surface area (Å²) in [6.07, 6.45) is 2.89. The third kappa shape index (κ3) is 13.8. The maximum Gasteiger partial charge on any atom is 0.312 e. The molecule has 8 nitrogen and oxygen atoms in total. The lowest BCUT2D eigenvalue weighted by Gasteiger charge is -2.25. The van der Waals surface area contributed by atoms with Crippen molar-refractivity contribution in [3.05, 3.63) is 29.8 Å². The van der Waals surface area contributed by atoms with Gasteiger partial charge in [0.25, 0.3) is 0 Å². The van der Waals surface area contributed by atoms with Gasteiger partial charge in [0.1, 0.15) is 0 Å². The van der Waals surface area contributed by atoms with Gasteiger partial charge in [0.15, 0.2) is 5.78 Å². The van der Waals surface area contributed by atoms with Gasteiger partial charge in [-0.25, -0.2) is 4.79 Å². The number of primary amides is 1. The summed E-state index contributed by atoms with van der Waals surface area (Å²) in [5.74, 6) is -0.770. The van der Waals surface area contributed by atoms with Gasteiger partial charge in [-0.05, 0) is 60.6 Å². The van der Waals surface area contributed by atoms with Crippen LogP contribution in [-0.2, 0) is 20.8 Å². The van der Waals surface area contributed by atoms with Crippen molar-refractivity contribution in [3.8, 4) is 0 Å². The fraction of sp³-hybridized carbons (Fsp3) is 0.655. The minimum Gasteiger partial charge on any atom is -0.352 e. The number of benzene rings is 1. The van der Waals surface area contributed by atoms with Crippen molar-refractivity contribution >= 4 is 29.3 Å². The molecule has 0 aliphatic carbocycles. The standard InChI is InChI=1S/C29H48N4O4/c1-19(2)17-21-10-12-23(13-11-21)32-27(36)22(9-8-16-31-28(30)37)18-24(34)26(20(3)4)33-25(35)14-15-29(5,6)7/h10-13,19-20,22,26H,8-9,14-18H2,1-7H3,(H,32,36)(H,33,35)(H3,30,31,37)/t22-,26+/m1/s1. The van der Waals surface area contributed by atoms with E-state index in [-0.39, 0.29) is 35.4 Å². The molecule has 5 N–H and O–H groups in total. The number of hydrogen-bond acceptors (Lipinski definition) is 4. The molecule has 8 heteroatoms. The number of carbonyl (C=O) groups is 4. The minimum atomic E-state index is -0.665. The molecule has 0 aliphatic heterocycles. The van der Waals surface area contributed by atoms with Gasteiger partial charge in [-0.2, -0.15) is 0 Å². The van der Waals surface area contributed by atoms with Crippen LogP contribution < -0.4 is 21.7 Å². The number of carbonyl (C=O) groups excluding carboxylic acids is 4. The molecule has 0 radical (unpaired) electrons. The summed E-state index contributed by atoms with van der Waals surface area (Å²) in [4.78, 5) is 50.1. The van der Waals surface area contributed by atoms with Gasteiger partial charge in [-0.15, -0.1) is 0 Å². The largest absolute Gasteiger partial charge is 0.352 e. The molecule has 0 saturated heterocycles. The fourth-order valence-electron chi connectivity index (χ4n) is 4.05. The zero-order chi connectivity index (χ0) is 28.2. The van der Waals surface area contributed by atoms with E-state index in [1.54, 1.807) is 0 Å². The van der Waals surface area contributed by atoms with Crippen LogP contribution in [0.2, 0.25) is 0 Å². The molecular formula is C29H48N4O4. The second-order valence-corrected chi connectivity index (χ2v) is 11.9. The first-order valence-electron chi connectivity index (χ1n) is 13.4. The predicted octanol–water partition coefficient (Wildman–Crippen LogP) is 4.81. The molecule has 0 aromatic heterocycles. The van der Waals surface area contributed by atoms with Crippen molar-refractivity contribution in [1.82, 2.24) is 10.6 Å². The van der Waals surface area contributed by atoms with E-state index in [1.807, 2.05) is 38.1 Å². The Hall–Kier alpha value is -2.90. The summed E-state index contributed by atoms with van der Waals surface area (Å²) in [5, 5.41) is 8.35. The molecule has 37 heavy (non-hydrogen) atoms. The van der Waals surface area contributed by atoms with Gasteiger partial charge in [0.2, 0.25) is 11.8 Å². The van der Waals surface area contributed by atoms with E-state index in [2.05, 4.69) is 50.6 Å². The van der Waals surface area contributed by atoms with Crippen LogP contribution in [0.5, 0.6) is 0 Å². The van der Waals surface area contributed by atoms with E-state index in [1.165, 1.54) is 5.56 Å². The number of anilines is 1. The lowest BCUT2D eigenvalue weighted by molar-refractivity contribution is -0.131. The number of nitrogens with two attached hydrogens (primary N) is 1. The number of amides is 4. The van der Waals surface area contributed by atoms with Gasteiger partial charge in [0, 0.05) is 31.0 Å². The van der Waals surface area contributed by atoms with Crippen molar-refractivity contribution in [2.24, 2.45) is 28.9 Å². The van der Waals surface area contributed by atoms with Crippen molar-refractivity contribution in [1.29, 1.82) is 0 Å². The Morgan fingerprint density at radius 3 is 2.11 bits per heavy atom. The average Bonchev–Trinajstić information content (AvgIpc) is 2.78. The summed E-state index contributed by atoms with van der Waals surface area (Å²) >= 11 is 0. The average molecular weight is 517 g/mol. The first-order chi connectivity index (χ1) is 17.2. The van der Waals surface area contributed by atoms with E-state index in [9.17, 15) is 19.2 Å². The highest BCUT2D eigenvalue weighted by Crippen LogP contribution is 2.22. The molecule has 0 spiro atoms. The number of rotatable bonds is 15. The Morgan fingerprint density at radius 1 is 0.973 bits per heavy atom. The van der Waals surface area contributed by atoms with E-state index < -0.39 is 18.0 Å². The number of hydrogen-bond donors (Lipinski definition) is 4. The van der Waals surface area contributed by atoms with Crippen LogP contribution >= 0.6 is 0 Å². The Balaban J connectivity index is 2.91. The zero-order valence-electron chi connectivity index (χ0n) is 23.8. The van der Waals surface area contributed by atoms with Gasteiger partial charge < -0.3 is 21.7 Å². The fourth-order valence-corrected chi connectivity index (χ4v) is 4.05. The normalized spacial score (nSPS) is 13.2. The van der Waals surface area contributed by atoms with Gasteiger partial charge >= 0.3 is 6.03 Å². The van der Waals surface area contributed by atoms with Crippen LogP contribution in [-0.4, -0.2) is 36.2 Å². The highest BCUT2D eigenvalue weighted by Gasteiger charge is 2.29. The van der Waals surface area contributed by atoms with Gasteiger partial charge in [-0.3, -0.25) is 14.4 Å². The van der Waals surface area contributed by atoms with Crippen LogP contribution in [0.3, 0.4) is 0 Å². The number of Topliss-reactive ketones (excluding diaryl/α,β-unsaturated/α-hetero) is 1. The molecule has 1 aromatic rings. The number of nitrogens with one attached hydrogen (secondary N) is 3. The Bertz CT molecular complexity index is 888. The summed E-state index contributed by atoms with van der Waals surface area (Å²) < 4.78 is 0. The van der Waals surface area contributed by atoms with Crippen LogP contribution in [0.15, 0.2) is 24.3 Å². The highest BCUT2D eigenvalue weighted by molar-refractivity contribution is 5.97. The van der Waals surface area contributed by atoms with Crippen LogP contribution in [0.4, 0.5) is 10.5 Å². The molecule has 0 unspecified atom stereocenters. The Labute approximate surface area is 222 Å². The smallest absolute Gasteiger partial charge is 0.312 e. The number of ketones is 1. The summed E-state index contributed by atoms with van der Waals surface area (Å²) in [6.45, 7) is 14.6. The Kier molecular flexibility index (Phi) is 13.4. The van der Waals surface area contributed by atoms with E-state index in [4.69, 9.17) is 5.73 Å². The molecule has 2 atom stereocenters. The molecule has 4 amide bonds. The first kappa shape index (κ1) is 32.1. The molecule has 1 aromatic carbocycles. The van der Waals surface area contributed by atoms with Gasteiger partial charge in [0.05, 0.1) is 6.04 Å². The maximum atomic E-state index is 13.3. The molecule has 208 valence electrons. The second kappa shape index (κ2) is 15.4. The molecular weight excluding hydrogens is 468 g/mol. The van der Waals surface area contributed by atoms with Crippen molar-refractivity contribution < 1.29 is 19.2 Å². The highest BCUT2D eigenvalue weighted by atomic mass is 16.2. The molecule has 0 fully saturated rings. The third-order valence-corrected chi connectivity index (χ3v) is 6.14.